The van der Waals surface area contributed by atoms with E-state index >= 15 is 0 Å². The van der Waals surface area contributed by atoms with Gasteiger partial charge in [-0.2, -0.15) is 0 Å². The minimum Gasteiger partial charge on any atom is -0.370 e. The molecule has 10 heteroatoms. The highest BCUT2D eigenvalue weighted by molar-refractivity contribution is 6.38. The lowest BCUT2D eigenvalue weighted by Crippen LogP contribution is -2.47. The molecule has 270 valence electrons. The van der Waals surface area contributed by atoms with Gasteiger partial charge in [0.15, 0.2) is 11.6 Å². The largest absolute Gasteiger partial charge is 0.370 e. The highest BCUT2D eigenvalue weighted by atomic mass is 16.5. The van der Waals surface area contributed by atoms with Gasteiger partial charge in [-0.3, -0.25) is 28.8 Å². The number of carbonyl (C=O) groups excluding carboxylic acids is 6. The van der Waals surface area contributed by atoms with Crippen LogP contribution in [0.15, 0.2) is 30.3 Å². The Kier molecular flexibility index (Phi) is 13.7. The minimum absolute atomic E-state index is 0.0370. The van der Waals surface area contributed by atoms with Gasteiger partial charge in [0.05, 0.1) is 17.7 Å². The molecule has 0 aliphatic carbocycles. The van der Waals surface area contributed by atoms with E-state index < -0.39 is 41.1 Å². The summed E-state index contributed by atoms with van der Waals surface area (Å²) >= 11 is 0. The number of carbonyl (C=O) groups is 6. The van der Waals surface area contributed by atoms with Crippen LogP contribution in [-0.4, -0.2) is 83.3 Å². The maximum Gasteiger partial charge on any atom is 0.249 e. The first-order chi connectivity index (χ1) is 23.3. The van der Waals surface area contributed by atoms with E-state index in [2.05, 4.69) is 5.32 Å². The summed E-state index contributed by atoms with van der Waals surface area (Å²) < 4.78 is 6.30. The molecule has 1 unspecified atom stereocenters. The molecule has 10 nitrogen and oxygen atoms in total. The zero-order valence-electron chi connectivity index (χ0n) is 30.2. The number of amides is 3. The lowest BCUT2D eigenvalue weighted by Gasteiger charge is -2.31. The van der Waals surface area contributed by atoms with Gasteiger partial charge in [-0.15, -0.1) is 0 Å². The summed E-state index contributed by atoms with van der Waals surface area (Å²) in [6.45, 7) is 6.31. The maximum atomic E-state index is 14.2. The Morgan fingerprint density at radius 3 is 2.16 bits per heavy atom. The molecule has 3 fully saturated rings. The van der Waals surface area contributed by atoms with Crippen LogP contribution in [0.4, 0.5) is 0 Å². The van der Waals surface area contributed by atoms with Crippen molar-refractivity contribution >= 4 is 35.1 Å². The Labute approximate surface area is 292 Å². The van der Waals surface area contributed by atoms with Crippen LogP contribution in [0, 0.1) is 17.8 Å². The lowest BCUT2D eigenvalue weighted by atomic mass is 9.82. The van der Waals surface area contributed by atoms with Crippen LogP contribution in [0.25, 0.3) is 0 Å². The van der Waals surface area contributed by atoms with Gasteiger partial charge in [-0.25, -0.2) is 0 Å². The first kappa shape index (κ1) is 38.4. The molecule has 3 aliphatic heterocycles. The molecule has 3 saturated heterocycles. The Morgan fingerprint density at radius 1 is 0.918 bits per heavy atom. The van der Waals surface area contributed by atoms with Crippen LogP contribution in [-0.2, 0) is 33.5 Å². The van der Waals surface area contributed by atoms with Gasteiger partial charge in [0.25, 0.3) is 0 Å². The minimum atomic E-state index is -0.919. The van der Waals surface area contributed by atoms with Crippen LogP contribution in [0.3, 0.4) is 0 Å². The average molecular weight is 680 g/mol. The molecule has 0 bridgehead atoms. The molecule has 49 heavy (non-hydrogen) atoms. The van der Waals surface area contributed by atoms with Gasteiger partial charge >= 0.3 is 0 Å². The fourth-order valence-corrected chi connectivity index (χ4v) is 7.91. The average Bonchev–Trinajstić information content (AvgIpc) is 3.56. The second-order valence-electron chi connectivity index (χ2n) is 15.3. The van der Waals surface area contributed by atoms with Crippen molar-refractivity contribution < 1.29 is 33.5 Å². The second-order valence-corrected chi connectivity index (χ2v) is 15.3. The SMILES string of the molecule is C[C@H]1CCCCCCCCCC[C@@H](C(=O)C(=O)CCC(=O)N[C@H](C(=O)N(C)C)c2ccccc2)CC(=O)[C@@H]2[C@H]3CC(C)(C)OC3CN2C1=O. The monoisotopic (exact) mass is 679 g/mol. The number of nitrogens with zero attached hydrogens (tertiary/aromatic N) is 2. The molecule has 3 heterocycles. The number of Topliss-reactive ketones (excluding diaryl/α,β-unsaturated/α-hetero) is 3. The van der Waals surface area contributed by atoms with E-state index in [9.17, 15) is 28.8 Å². The molecule has 6 atom stereocenters. The van der Waals surface area contributed by atoms with Gasteiger partial charge in [0, 0.05) is 57.7 Å². The Bertz CT molecular complexity index is 1340. The number of hydrogen-bond donors (Lipinski definition) is 1. The number of rotatable bonds is 8. The lowest BCUT2D eigenvalue weighted by molar-refractivity contribution is -0.144. The van der Waals surface area contributed by atoms with Crippen molar-refractivity contribution in [2.45, 2.75) is 134 Å². The number of fused-ring (bicyclic) bond motifs is 3. The molecule has 0 aromatic heterocycles. The number of ether oxygens (including phenoxy) is 1. The summed E-state index contributed by atoms with van der Waals surface area (Å²) in [5, 5.41) is 2.73. The molecule has 1 aromatic rings. The normalized spacial score (nSPS) is 27.4. The van der Waals surface area contributed by atoms with E-state index in [0.717, 1.165) is 57.8 Å². The van der Waals surface area contributed by atoms with E-state index in [-0.39, 0.29) is 54.8 Å². The Morgan fingerprint density at radius 2 is 1.53 bits per heavy atom. The number of benzene rings is 1. The van der Waals surface area contributed by atoms with E-state index in [1.807, 2.05) is 26.8 Å². The van der Waals surface area contributed by atoms with Crippen molar-refractivity contribution in [3.63, 3.8) is 0 Å². The molecule has 0 spiro atoms. The third kappa shape index (κ3) is 10.3. The number of likely N-dealkylation sites (N-methyl/N-ethyl adjacent to an activating group) is 1. The van der Waals surface area contributed by atoms with Gasteiger partial charge in [-0.1, -0.05) is 88.6 Å². The predicted molar refractivity (Wildman–Crippen MR) is 186 cm³/mol. The fourth-order valence-electron chi connectivity index (χ4n) is 7.91. The third-order valence-corrected chi connectivity index (χ3v) is 10.6. The molecule has 0 saturated carbocycles. The summed E-state index contributed by atoms with van der Waals surface area (Å²) in [5.41, 5.74) is 0.205. The van der Waals surface area contributed by atoms with Crippen LogP contribution in [0.2, 0.25) is 0 Å². The number of ketones is 3. The smallest absolute Gasteiger partial charge is 0.249 e. The summed E-state index contributed by atoms with van der Waals surface area (Å²) in [4.78, 5) is 84.0. The summed E-state index contributed by atoms with van der Waals surface area (Å²) in [6.07, 6.45) is 8.95. The standard InChI is InChI=1S/C39H57N3O7/c1-26-17-13-10-8-6-7-9-11-14-20-28(23-31(44)35-29-24-39(2,3)49-32(29)25-42(35)37(26)47)36(46)30(43)21-22-33(45)40-34(38(48)41(4)5)27-18-15-12-16-19-27/h12,15-16,18-19,26,28-29,32,34-35H,6-11,13-14,17,20-25H2,1-5H3,(H,40,45)/t26-,28+,29-,32?,34-,35-/m0/s1. The number of hydrogen-bond acceptors (Lipinski definition) is 7. The van der Waals surface area contributed by atoms with E-state index in [0.29, 0.717) is 24.9 Å². The van der Waals surface area contributed by atoms with Crippen molar-refractivity contribution in [3.05, 3.63) is 35.9 Å². The van der Waals surface area contributed by atoms with Crippen molar-refractivity contribution in [3.8, 4) is 0 Å². The van der Waals surface area contributed by atoms with E-state index in [1.54, 1.807) is 43.3 Å². The maximum absolute atomic E-state index is 14.2. The predicted octanol–water partition coefficient (Wildman–Crippen LogP) is 5.37. The van der Waals surface area contributed by atoms with Gasteiger partial charge < -0.3 is 19.9 Å². The third-order valence-electron chi connectivity index (χ3n) is 10.6. The molecule has 4 rings (SSSR count). The topological polar surface area (TPSA) is 130 Å². The molecule has 3 aliphatic rings. The van der Waals surface area contributed by atoms with Crippen molar-refractivity contribution in [2.75, 3.05) is 20.6 Å². The van der Waals surface area contributed by atoms with Crippen LogP contribution in [0.1, 0.15) is 122 Å². The molecule has 1 aromatic carbocycles. The Balaban J connectivity index is 1.47. The summed E-state index contributed by atoms with van der Waals surface area (Å²) in [7, 11) is 3.21. The molecular weight excluding hydrogens is 622 g/mol. The first-order valence-corrected chi connectivity index (χ1v) is 18.4. The highest BCUT2D eigenvalue weighted by Crippen LogP contribution is 2.44. The quantitative estimate of drug-likeness (QED) is 0.366. The summed E-state index contributed by atoms with van der Waals surface area (Å²) in [6, 6.07) is 7.26. The van der Waals surface area contributed by atoms with Gasteiger partial charge in [0.1, 0.15) is 6.04 Å². The van der Waals surface area contributed by atoms with Crippen molar-refractivity contribution in [1.29, 1.82) is 0 Å². The highest BCUT2D eigenvalue weighted by Gasteiger charge is 2.55. The zero-order chi connectivity index (χ0) is 35.7. The molecular formula is C39H57N3O7. The summed E-state index contributed by atoms with van der Waals surface area (Å²) in [5.74, 6) is -3.54. The zero-order valence-corrected chi connectivity index (χ0v) is 30.2. The van der Waals surface area contributed by atoms with Gasteiger partial charge in [-0.05, 0) is 38.7 Å². The van der Waals surface area contributed by atoms with Crippen LogP contribution < -0.4 is 5.32 Å². The molecule has 0 radical (unpaired) electrons. The van der Waals surface area contributed by atoms with Crippen LogP contribution in [0.5, 0.6) is 0 Å². The fraction of sp³-hybridized carbons (Fsp3) is 0.692. The van der Waals surface area contributed by atoms with E-state index in [4.69, 9.17) is 4.74 Å². The van der Waals surface area contributed by atoms with Crippen molar-refractivity contribution in [2.24, 2.45) is 17.8 Å². The van der Waals surface area contributed by atoms with Crippen molar-refractivity contribution in [1.82, 2.24) is 15.1 Å². The van der Waals surface area contributed by atoms with E-state index in [1.165, 1.54) is 4.90 Å². The van der Waals surface area contributed by atoms with Crippen LogP contribution >= 0.6 is 0 Å². The molecule has 1 N–H and O–H groups in total. The Hall–Kier alpha value is -3.40. The van der Waals surface area contributed by atoms with Gasteiger partial charge in [0.2, 0.25) is 23.5 Å². The second kappa shape index (κ2) is 17.5. The number of nitrogens with one attached hydrogen (secondary N) is 1. The first-order valence-electron chi connectivity index (χ1n) is 18.4. The molecule has 3 amide bonds.